The second kappa shape index (κ2) is 7.36. The van der Waals surface area contributed by atoms with Crippen LogP contribution in [0.5, 0.6) is 5.75 Å². The van der Waals surface area contributed by atoms with E-state index in [1.165, 1.54) is 23.9 Å². The van der Waals surface area contributed by atoms with Crippen LogP contribution in [0.25, 0.3) is 11.4 Å². The quantitative estimate of drug-likeness (QED) is 0.768. The molecule has 0 amide bonds. The van der Waals surface area contributed by atoms with E-state index in [2.05, 4.69) is 14.9 Å². The molecule has 0 saturated carbocycles. The number of carbonyl (C=O) groups is 1. The van der Waals surface area contributed by atoms with Crippen LogP contribution in [0.2, 0.25) is 0 Å². The number of aliphatic carboxylic acids is 1. The van der Waals surface area contributed by atoms with Crippen molar-refractivity contribution in [1.82, 2.24) is 10.1 Å². The van der Waals surface area contributed by atoms with E-state index in [4.69, 9.17) is 9.63 Å². The van der Waals surface area contributed by atoms with Crippen molar-refractivity contribution in [2.75, 3.05) is 5.75 Å². The zero-order valence-electron chi connectivity index (χ0n) is 11.5. The fourth-order valence-electron chi connectivity index (χ4n) is 1.56. The Hall–Kier alpha value is -2.23. The standard InChI is InChI=1S/C13H11F3N2O4S/c14-13(15,16)21-9-3-1-8(2-4-9)12-17-10(22-18-12)7-23-6-5-11(19)20/h1-4H,5-7H2,(H,19,20). The van der Waals surface area contributed by atoms with Gasteiger partial charge in [0.2, 0.25) is 11.7 Å². The number of carboxylic acid groups (broad SMARTS) is 1. The molecule has 0 radical (unpaired) electrons. The monoisotopic (exact) mass is 348 g/mol. The third-order valence-corrected chi connectivity index (χ3v) is 3.44. The molecule has 1 aromatic carbocycles. The molecule has 0 bridgehead atoms. The summed E-state index contributed by atoms with van der Waals surface area (Å²) in [6, 6.07) is 5.07. The molecular formula is C13H11F3N2O4S. The summed E-state index contributed by atoms with van der Waals surface area (Å²) >= 11 is 1.33. The van der Waals surface area contributed by atoms with Crippen LogP contribution >= 0.6 is 11.8 Å². The summed E-state index contributed by atoms with van der Waals surface area (Å²) in [5.74, 6) is 0.0917. The number of nitrogens with zero attached hydrogens (tertiary/aromatic N) is 2. The fourth-order valence-corrected chi connectivity index (χ4v) is 2.31. The zero-order chi connectivity index (χ0) is 16.9. The van der Waals surface area contributed by atoms with Gasteiger partial charge in [0, 0.05) is 11.3 Å². The zero-order valence-corrected chi connectivity index (χ0v) is 12.4. The molecule has 0 spiro atoms. The molecule has 124 valence electrons. The van der Waals surface area contributed by atoms with Gasteiger partial charge in [-0.05, 0) is 24.3 Å². The summed E-state index contributed by atoms with van der Waals surface area (Å²) in [4.78, 5) is 14.5. The Kier molecular flexibility index (Phi) is 5.48. The molecule has 2 aromatic rings. The molecule has 2 rings (SSSR count). The highest BCUT2D eigenvalue weighted by molar-refractivity contribution is 7.98. The number of hydrogen-bond acceptors (Lipinski definition) is 6. The molecule has 23 heavy (non-hydrogen) atoms. The van der Waals surface area contributed by atoms with Crippen molar-refractivity contribution in [3.63, 3.8) is 0 Å². The lowest BCUT2D eigenvalue weighted by atomic mass is 10.2. The Labute approximate surface area is 132 Å². The lowest BCUT2D eigenvalue weighted by Gasteiger charge is -2.08. The Morgan fingerprint density at radius 1 is 1.30 bits per heavy atom. The fraction of sp³-hybridized carbons (Fsp3) is 0.308. The van der Waals surface area contributed by atoms with Gasteiger partial charge in [-0.1, -0.05) is 5.16 Å². The van der Waals surface area contributed by atoms with Crippen LogP contribution in [0.1, 0.15) is 12.3 Å². The molecule has 0 aliphatic heterocycles. The molecule has 0 fully saturated rings. The van der Waals surface area contributed by atoms with E-state index < -0.39 is 12.3 Å². The number of rotatable bonds is 7. The van der Waals surface area contributed by atoms with Gasteiger partial charge in [-0.2, -0.15) is 16.7 Å². The third-order valence-electron chi connectivity index (χ3n) is 2.50. The van der Waals surface area contributed by atoms with Gasteiger partial charge < -0.3 is 14.4 Å². The molecule has 10 heteroatoms. The Morgan fingerprint density at radius 2 is 2.00 bits per heavy atom. The minimum absolute atomic E-state index is 0.0341. The molecule has 0 saturated heterocycles. The van der Waals surface area contributed by atoms with E-state index >= 15 is 0 Å². The van der Waals surface area contributed by atoms with Gasteiger partial charge in [-0.15, -0.1) is 13.2 Å². The summed E-state index contributed by atoms with van der Waals surface area (Å²) in [7, 11) is 0. The molecule has 0 atom stereocenters. The van der Waals surface area contributed by atoms with Gasteiger partial charge in [0.25, 0.3) is 0 Å². The summed E-state index contributed by atoms with van der Waals surface area (Å²) in [6.07, 6.45) is -4.71. The van der Waals surface area contributed by atoms with Crippen molar-refractivity contribution in [3.8, 4) is 17.1 Å². The lowest BCUT2D eigenvalue weighted by Crippen LogP contribution is -2.16. The van der Waals surface area contributed by atoms with Gasteiger partial charge in [-0.25, -0.2) is 0 Å². The van der Waals surface area contributed by atoms with Crippen LogP contribution in [0, 0.1) is 0 Å². The Bertz CT molecular complexity index is 658. The number of halogens is 3. The number of hydrogen-bond donors (Lipinski definition) is 1. The van der Waals surface area contributed by atoms with E-state index in [9.17, 15) is 18.0 Å². The van der Waals surface area contributed by atoms with E-state index in [0.717, 1.165) is 12.1 Å². The van der Waals surface area contributed by atoms with Crippen molar-refractivity contribution >= 4 is 17.7 Å². The van der Waals surface area contributed by atoms with Crippen molar-refractivity contribution in [2.45, 2.75) is 18.5 Å². The van der Waals surface area contributed by atoms with Gasteiger partial charge in [-0.3, -0.25) is 4.79 Å². The smallest absolute Gasteiger partial charge is 0.481 e. The van der Waals surface area contributed by atoms with Crippen molar-refractivity contribution in [3.05, 3.63) is 30.2 Å². The molecule has 0 unspecified atom stereocenters. The normalized spacial score (nSPS) is 11.4. The molecule has 1 aromatic heterocycles. The third kappa shape index (κ3) is 5.81. The highest BCUT2D eigenvalue weighted by atomic mass is 32.2. The van der Waals surface area contributed by atoms with Crippen molar-refractivity contribution < 1.29 is 32.3 Å². The number of carboxylic acids is 1. The Morgan fingerprint density at radius 3 is 2.61 bits per heavy atom. The predicted molar refractivity (Wildman–Crippen MR) is 74.8 cm³/mol. The number of aromatic nitrogens is 2. The summed E-state index contributed by atoms with van der Waals surface area (Å²) in [5.41, 5.74) is 0.477. The Balaban J connectivity index is 1.93. The number of benzene rings is 1. The van der Waals surface area contributed by atoms with E-state index in [-0.39, 0.29) is 18.0 Å². The van der Waals surface area contributed by atoms with Crippen LogP contribution in [-0.4, -0.2) is 33.3 Å². The SMILES string of the molecule is O=C(O)CCSCc1nc(-c2ccc(OC(F)(F)F)cc2)no1. The van der Waals surface area contributed by atoms with Gasteiger partial charge in [0.1, 0.15) is 5.75 Å². The highest BCUT2D eigenvalue weighted by Crippen LogP contribution is 2.25. The highest BCUT2D eigenvalue weighted by Gasteiger charge is 2.31. The first-order valence-electron chi connectivity index (χ1n) is 6.32. The minimum Gasteiger partial charge on any atom is -0.481 e. The van der Waals surface area contributed by atoms with E-state index in [1.54, 1.807) is 0 Å². The van der Waals surface area contributed by atoms with Gasteiger partial charge >= 0.3 is 12.3 Å². The average molecular weight is 348 g/mol. The van der Waals surface area contributed by atoms with E-state index in [1.807, 2.05) is 0 Å². The van der Waals surface area contributed by atoms with Gasteiger partial charge in [0.15, 0.2) is 0 Å². The topological polar surface area (TPSA) is 85.5 Å². The number of ether oxygens (including phenoxy) is 1. The molecule has 1 N–H and O–H groups in total. The molecular weight excluding hydrogens is 337 g/mol. The maximum absolute atomic E-state index is 12.1. The molecule has 6 nitrogen and oxygen atoms in total. The lowest BCUT2D eigenvalue weighted by molar-refractivity contribution is -0.274. The molecule has 1 heterocycles. The maximum atomic E-state index is 12.1. The minimum atomic E-state index is -4.74. The molecule has 0 aliphatic rings. The first-order valence-corrected chi connectivity index (χ1v) is 7.47. The number of alkyl halides is 3. The van der Waals surface area contributed by atoms with Crippen molar-refractivity contribution in [2.24, 2.45) is 0 Å². The van der Waals surface area contributed by atoms with Crippen LogP contribution in [-0.2, 0) is 10.5 Å². The first kappa shape index (κ1) is 17.1. The second-order valence-electron chi connectivity index (χ2n) is 4.28. The van der Waals surface area contributed by atoms with Crippen molar-refractivity contribution in [1.29, 1.82) is 0 Å². The van der Waals surface area contributed by atoms with Crippen LogP contribution in [0.15, 0.2) is 28.8 Å². The largest absolute Gasteiger partial charge is 0.573 e. The van der Waals surface area contributed by atoms with Gasteiger partial charge in [0.05, 0.1) is 12.2 Å². The summed E-state index contributed by atoms with van der Waals surface area (Å²) in [6.45, 7) is 0. The average Bonchev–Trinajstić information content (AvgIpc) is 2.91. The second-order valence-corrected chi connectivity index (χ2v) is 5.39. The van der Waals surface area contributed by atoms with Crippen LogP contribution in [0.3, 0.4) is 0 Å². The maximum Gasteiger partial charge on any atom is 0.573 e. The first-order chi connectivity index (χ1) is 10.8. The predicted octanol–water partition coefficient (Wildman–Crippen LogP) is 3.34. The van der Waals surface area contributed by atoms with Crippen LogP contribution < -0.4 is 4.74 Å². The van der Waals surface area contributed by atoms with Crippen LogP contribution in [0.4, 0.5) is 13.2 Å². The summed E-state index contributed by atoms with van der Waals surface area (Å²) < 4.78 is 45.0. The number of thioether (sulfide) groups is 1. The molecule has 0 aliphatic carbocycles. The van der Waals surface area contributed by atoms with E-state index in [0.29, 0.717) is 23.0 Å². The summed E-state index contributed by atoms with van der Waals surface area (Å²) in [5, 5.41) is 12.2.